The maximum atomic E-state index is 12.5. The average molecular weight is 447 g/mol. The van der Waals surface area contributed by atoms with Gasteiger partial charge in [0.15, 0.2) is 11.7 Å². The molecule has 0 bridgehead atoms. The van der Waals surface area contributed by atoms with Gasteiger partial charge in [-0.05, 0) is 52.3 Å². The molecule has 1 unspecified atom stereocenters. The first-order valence-corrected chi connectivity index (χ1v) is 10.4. The van der Waals surface area contributed by atoms with Crippen LogP contribution in [0.2, 0.25) is 0 Å². The third kappa shape index (κ3) is 10.5. The lowest BCUT2D eigenvalue weighted by atomic mass is 9.72. The Morgan fingerprint density at radius 3 is 2.10 bits per heavy atom. The van der Waals surface area contributed by atoms with E-state index in [1.807, 2.05) is 13.8 Å². The smallest absolute Gasteiger partial charge is 0.311 e. The lowest BCUT2D eigenvalue weighted by Crippen LogP contribution is -2.39. The van der Waals surface area contributed by atoms with Crippen molar-refractivity contribution in [3.05, 3.63) is 0 Å². The quantitative estimate of drug-likeness (QED) is 0.188. The summed E-state index contributed by atoms with van der Waals surface area (Å²) >= 11 is 4.49. The number of nitrogens with two attached hydrogens (primary N) is 1. The molecule has 0 aromatic carbocycles. The van der Waals surface area contributed by atoms with Crippen molar-refractivity contribution >= 4 is 41.1 Å². The van der Waals surface area contributed by atoms with Crippen LogP contribution < -0.4 is 11.1 Å². The summed E-state index contributed by atoms with van der Waals surface area (Å²) in [6.07, 6.45) is 2.24. The molecule has 9 nitrogen and oxygen atoms in total. The van der Waals surface area contributed by atoms with Crippen molar-refractivity contribution in [3.8, 4) is 0 Å². The van der Waals surface area contributed by atoms with Gasteiger partial charge >= 0.3 is 17.9 Å². The van der Waals surface area contributed by atoms with Crippen molar-refractivity contribution in [2.75, 3.05) is 19.8 Å². The molecule has 172 valence electrons. The number of nitrogens with one attached hydrogen (secondary N) is 1. The second-order valence-corrected chi connectivity index (χ2v) is 8.36. The monoisotopic (exact) mass is 446 g/mol. The van der Waals surface area contributed by atoms with Crippen LogP contribution in [0, 0.1) is 10.8 Å². The fourth-order valence-electron chi connectivity index (χ4n) is 2.69. The van der Waals surface area contributed by atoms with Crippen LogP contribution >= 0.6 is 12.2 Å². The number of unbranched alkanes of at least 4 members (excludes halogenated alkanes) is 1. The summed E-state index contributed by atoms with van der Waals surface area (Å²) in [5.74, 6) is -2.24. The molecule has 0 rings (SSSR count). The van der Waals surface area contributed by atoms with E-state index in [0.717, 1.165) is 12.8 Å². The van der Waals surface area contributed by atoms with Crippen molar-refractivity contribution in [1.82, 2.24) is 5.32 Å². The minimum atomic E-state index is -0.963. The molecular weight excluding hydrogens is 412 g/mol. The van der Waals surface area contributed by atoms with E-state index in [1.54, 1.807) is 20.8 Å². The van der Waals surface area contributed by atoms with Crippen molar-refractivity contribution in [2.24, 2.45) is 16.6 Å². The molecule has 0 saturated heterocycles. The lowest BCUT2D eigenvalue weighted by Gasteiger charge is -2.33. The highest BCUT2D eigenvalue weighted by atomic mass is 32.1. The molecule has 0 aromatic heterocycles. The second-order valence-electron chi connectivity index (χ2n) is 7.92. The van der Waals surface area contributed by atoms with Crippen LogP contribution in [-0.4, -0.2) is 48.7 Å². The first kappa shape index (κ1) is 27.8. The minimum absolute atomic E-state index is 0.207. The fraction of sp³-hybridized carbons (Fsp3) is 0.750. The Bertz CT molecular complexity index is 637. The summed E-state index contributed by atoms with van der Waals surface area (Å²) in [5, 5.41) is 1.89. The first-order chi connectivity index (χ1) is 13.9. The van der Waals surface area contributed by atoms with E-state index in [1.165, 1.54) is 0 Å². The number of esters is 3. The van der Waals surface area contributed by atoms with Crippen molar-refractivity contribution in [1.29, 1.82) is 0 Å². The van der Waals surface area contributed by atoms with E-state index in [4.69, 9.17) is 19.9 Å². The molecule has 0 aliphatic carbocycles. The van der Waals surface area contributed by atoms with Gasteiger partial charge in [-0.25, -0.2) is 0 Å². The van der Waals surface area contributed by atoms with Crippen LogP contribution in [0.3, 0.4) is 0 Å². The zero-order valence-electron chi connectivity index (χ0n) is 18.5. The van der Waals surface area contributed by atoms with Gasteiger partial charge in [-0.2, -0.15) is 0 Å². The van der Waals surface area contributed by atoms with E-state index in [0.29, 0.717) is 13.0 Å². The molecule has 3 N–H and O–H groups in total. The highest BCUT2D eigenvalue weighted by molar-refractivity contribution is 7.80. The molecule has 1 amide bonds. The molecule has 0 spiro atoms. The SMILES string of the molecule is CCCCOC(=O)C(C)(CC)CC(C)(C)C(=O)OCCC(=O)OCC(=O)NC(N)=S. The molecule has 0 aliphatic heterocycles. The van der Waals surface area contributed by atoms with Crippen LogP contribution in [0.15, 0.2) is 0 Å². The molecule has 0 radical (unpaired) electrons. The zero-order chi connectivity index (χ0) is 23.4. The number of amides is 1. The predicted molar refractivity (Wildman–Crippen MR) is 114 cm³/mol. The Hall–Kier alpha value is -2.23. The van der Waals surface area contributed by atoms with Gasteiger partial charge in [-0.3, -0.25) is 19.2 Å². The highest BCUT2D eigenvalue weighted by Gasteiger charge is 2.42. The maximum absolute atomic E-state index is 12.5. The van der Waals surface area contributed by atoms with Crippen LogP contribution in [0.25, 0.3) is 0 Å². The summed E-state index contributed by atoms with van der Waals surface area (Å²) in [5.41, 5.74) is 3.34. The molecule has 0 aliphatic rings. The van der Waals surface area contributed by atoms with Gasteiger partial charge in [0.2, 0.25) is 0 Å². The number of rotatable bonds is 13. The third-order valence-electron chi connectivity index (χ3n) is 4.56. The number of carbonyl (C=O) groups is 4. The summed E-state index contributed by atoms with van der Waals surface area (Å²) < 4.78 is 15.3. The van der Waals surface area contributed by atoms with Gasteiger partial charge in [0.1, 0.15) is 6.61 Å². The Labute approximate surface area is 183 Å². The van der Waals surface area contributed by atoms with Gasteiger partial charge < -0.3 is 25.3 Å². The Kier molecular flexibility index (Phi) is 12.2. The molecule has 0 aromatic rings. The van der Waals surface area contributed by atoms with Gasteiger partial charge in [0.05, 0.1) is 23.9 Å². The maximum Gasteiger partial charge on any atom is 0.311 e. The highest BCUT2D eigenvalue weighted by Crippen LogP contribution is 2.38. The van der Waals surface area contributed by atoms with E-state index in [-0.39, 0.29) is 30.5 Å². The first-order valence-electron chi connectivity index (χ1n) is 9.97. The summed E-state index contributed by atoms with van der Waals surface area (Å²) in [4.78, 5) is 47.9. The van der Waals surface area contributed by atoms with Crippen LogP contribution in [0.4, 0.5) is 0 Å². The minimum Gasteiger partial charge on any atom is -0.465 e. The molecule has 10 heteroatoms. The molecule has 30 heavy (non-hydrogen) atoms. The third-order valence-corrected chi connectivity index (χ3v) is 4.66. The van der Waals surface area contributed by atoms with E-state index < -0.39 is 35.3 Å². The Morgan fingerprint density at radius 1 is 0.967 bits per heavy atom. The number of ether oxygens (including phenoxy) is 3. The number of carbonyl (C=O) groups excluding carboxylic acids is 4. The molecule has 0 heterocycles. The predicted octanol–water partition coefficient (Wildman–Crippen LogP) is 2.00. The van der Waals surface area contributed by atoms with Gasteiger partial charge in [-0.1, -0.05) is 20.3 Å². The summed E-state index contributed by atoms with van der Waals surface area (Å²) in [7, 11) is 0. The number of hydrogen-bond acceptors (Lipinski definition) is 8. The molecule has 0 saturated carbocycles. The Balaban J connectivity index is 4.56. The van der Waals surface area contributed by atoms with Gasteiger partial charge in [0.25, 0.3) is 5.91 Å². The molecule has 0 fully saturated rings. The summed E-state index contributed by atoms with van der Waals surface area (Å²) in [6, 6.07) is 0. The van der Waals surface area contributed by atoms with Crippen LogP contribution in [0.1, 0.15) is 66.7 Å². The standard InChI is InChI=1S/C20H34N2O7S/c1-6-8-10-27-17(26)20(5,7-2)13-19(3,4)16(25)28-11-9-15(24)29-12-14(23)22-18(21)30/h6-13H2,1-5H3,(H3,21,22,23,30). The van der Waals surface area contributed by atoms with Gasteiger partial charge in [0, 0.05) is 0 Å². The van der Waals surface area contributed by atoms with E-state index >= 15 is 0 Å². The zero-order valence-corrected chi connectivity index (χ0v) is 19.3. The average Bonchev–Trinajstić information content (AvgIpc) is 2.65. The summed E-state index contributed by atoms with van der Waals surface area (Å²) in [6.45, 7) is 8.62. The molecular formula is C20H34N2O7S. The fourth-order valence-corrected chi connectivity index (χ4v) is 2.80. The van der Waals surface area contributed by atoms with Gasteiger partial charge in [-0.15, -0.1) is 0 Å². The van der Waals surface area contributed by atoms with E-state index in [2.05, 4.69) is 17.5 Å². The van der Waals surface area contributed by atoms with Crippen molar-refractivity contribution in [3.63, 3.8) is 0 Å². The second kappa shape index (κ2) is 13.1. The number of thiocarbonyl (C=S) groups is 1. The molecule has 1 atom stereocenters. The van der Waals surface area contributed by atoms with Crippen LogP contribution in [0.5, 0.6) is 0 Å². The largest absolute Gasteiger partial charge is 0.465 e. The topological polar surface area (TPSA) is 134 Å². The Morgan fingerprint density at radius 2 is 1.57 bits per heavy atom. The normalized spacial score (nSPS) is 13.0. The number of hydrogen-bond donors (Lipinski definition) is 2. The van der Waals surface area contributed by atoms with Crippen molar-refractivity contribution < 1.29 is 33.4 Å². The van der Waals surface area contributed by atoms with Crippen molar-refractivity contribution in [2.45, 2.75) is 66.7 Å². The van der Waals surface area contributed by atoms with Crippen LogP contribution in [-0.2, 0) is 33.4 Å². The van der Waals surface area contributed by atoms with E-state index in [9.17, 15) is 19.2 Å². The lowest BCUT2D eigenvalue weighted by molar-refractivity contribution is -0.164.